The van der Waals surface area contributed by atoms with Crippen molar-refractivity contribution in [2.45, 2.75) is 77.6 Å². The highest BCUT2D eigenvalue weighted by molar-refractivity contribution is 6.18. The third-order valence-corrected chi connectivity index (χ3v) is 6.45. The Morgan fingerprint density at radius 2 is 1.59 bits per heavy atom. The molecule has 0 spiro atoms. The third-order valence-electron chi connectivity index (χ3n) is 6.01. The molecule has 4 nitrogen and oxygen atoms in total. The number of alkyl halides is 2. The monoisotopic (exact) mass is 484 g/mol. The molecule has 1 aromatic rings. The molecule has 0 aromatic heterocycles. The predicted octanol–water partition coefficient (Wildman–Crippen LogP) is 5.84. The molecule has 2 N–H and O–H groups in total. The molecule has 1 rings (SSSR count). The fourth-order valence-electron chi connectivity index (χ4n) is 4.03. The number of aryl methyl sites for hydroxylation is 1. The smallest absolute Gasteiger partial charge is 0.220 e. The number of hydrogen-bond donors (Lipinski definition) is 2. The second kappa shape index (κ2) is 18.3. The number of carbonyl (C=O) groups is 2. The third kappa shape index (κ3) is 12.2. The molecule has 1 aromatic carbocycles. The lowest BCUT2D eigenvalue weighted by atomic mass is 9.92. The van der Waals surface area contributed by atoms with Gasteiger partial charge in [0.05, 0.1) is 0 Å². The highest BCUT2D eigenvalue weighted by Gasteiger charge is 2.16. The number of halogens is 2. The molecule has 0 heterocycles. The fourth-order valence-corrected chi connectivity index (χ4v) is 4.56. The number of rotatable bonds is 19. The van der Waals surface area contributed by atoms with Crippen molar-refractivity contribution in [3.8, 4) is 0 Å². The van der Waals surface area contributed by atoms with E-state index in [-0.39, 0.29) is 11.8 Å². The van der Waals surface area contributed by atoms with Gasteiger partial charge in [-0.25, -0.2) is 0 Å². The summed E-state index contributed by atoms with van der Waals surface area (Å²) in [6.07, 6.45) is 7.27. The zero-order chi connectivity index (χ0) is 23.6. The van der Waals surface area contributed by atoms with Crippen LogP contribution in [-0.2, 0) is 16.0 Å². The largest absolute Gasteiger partial charge is 0.356 e. The summed E-state index contributed by atoms with van der Waals surface area (Å²) < 4.78 is 0. The van der Waals surface area contributed by atoms with Crippen molar-refractivity contribution >= 4 is 34.9 Å². The molecule has 0 aliphatic heterocycles. The summed E-state index contributed by atoms with van der Waals surface area (Å²) in [5, 5.41) is 6.30. The number of amides is 1. The molecule has 1 unspecified atom stereocenters. The van der Waals surface area contributed by atoms with Crippen LogP contribution in [0.2, 0.25) is 0 Å². The van der Waals surface area contributed by atoms with E-state index in [4.69, 9.17) is 23.2 Å². The van der Waals surface area contributed by atoms with E-state index in [1.165, 1.54) is 11.1 Å². The molecular formula is C26H42Cl2N2O2. The highest BCUT2D eigenvalue weighted by Crippen LogP contribution is 2.25. The van der Waals surface area contributed by atoms with Crippen LogP contribution in [0.5, 0.6) is 0 Å². The van der Waals surface area contributed by atoms with Crippen LogP contribution < -0.4 is 10.6 Å². The first-order valence-corrected chi connectivity index (χ1v) is 13.3. The van der Waals surface area contributed by atoms with E-state index in [0.29, 0.717) is 42.8 Å². The first kappa shape index (κ1) is 28.9. The molecule has 0 saturated carbocycles. The average Bonchev–Trinajstić information content (AvgIpc) is 2.80. The van der Waals surface area contributed by atoms with Gasteiger partial charge in [0.15, 0.2) is 0 Å². The van der Waals surface area contributed by atoms with Gasteiger partial charge in [-0.3, -0.25) is 9.59 Å². The molecule has 1 amide bonds. The summed E-state index contributed by atoms with van der Waals surface area (Å²) in [6.45, 7) is 6.47. The lowest BCUT2D eigenvalue weighted by Gasteiger charge is -2.16. The molecule has 6 heteroatoms. The molecule has 182 valence electrons. The van der Waals surface area contributed by atoms with Crippen molar-refractivity contribution in [1.29, 1.82) is 0 Å². The van der Waals surface area contributed by atoms with Gasteiger partial charge in [0.1, 0.15) is 5.78 Å². The average molecular weight is 486 g/mol. The number of ketones is 1. The maximum Gasteiger partial charge on any atom is 0.220 e. The molecule has 0 aliphatic carbocycles. The van der Waals surface area contributed by atoms with Gasteiger partial charge in [-0.2, -0.15) is 0 Å². The number of benzene rings is 1. The Bertz CT molecular complexity index is 631. The summed E-state index contributed by atoms with van der Waals surface area (Å²) in [6, 6.07) is 8.63. The molecular weight excluding hydrogens is 443 g/mol. The maximum atomic E-state index is 12.2. The van der Waals surface area contributed by atoms with Gasteiger partial charge in [-0.15, -0.1) is 23.2 Å². The van der Waals surface area contributed by atoms with E-state index in [1.807, 2.05) is 6.92 Å². The number of Topliss-reactive ketones (excluding diaryl/α,β-unsaturated/α-hetero) is 1. The first-order chi connectivity index (χ1) is 15.5. The maximum absolute atomic E-state index is 12.2. The molecule has 0 bridgehead atoms. The van der Waals surface area contributed by atoms with Gasteiger partial charge in [-0.1, -0.05) is 38.1 Å². The zero-order valence-electron chi connectivity index (χ0n) is 19.9. The Hall–Kier alpha value is -1.10. The van der Waals surface area contributed by atoms with Crippen LogP contribution in [0.3, 0.4) is 0 Å². The lowest BCUT2D eigenvalue weighted by molar-refractivity contribution is -0.124. The molecule has 0 radical (unpaired) electrons. The van der Waals surface area contributed by atoms with Gasteiger partial charge >= 0.3 is 0 Å². The van der Waals surface area contributed by atoms with E-state index in [9.17, 15) is 9.59 Å². The molecule has 0 saturated heterocycles. The summed E-state index contributed by atoms with van der Waals surface area (Å²) in [4.78, 5) is 24.4. The standard InChI is InChI=1S/C26H42Cl2N2O2/c1-3-25(31)24(8-6-19-29-4-2)16-20-30-26(32)9-5-7-21-10-12-22(13-11-21)23(14-17-27)15-18-28/h10-13,23-24,29H,3-9,14-20H2,1-2H3,(H,30,32). The van der Waals surface area contributed by atoms with Crippen molar-refractivity contribution in [1.82, 2.24) is 10.6 Å². The zero-order valence-corrected chi connectivity index (χ0v) is 21.4. The fraction of sp³-hybridized carbons (Fsp3) is 0.692. The predicted molar refractivity (Wildman–Crippen MR) is 137 cm³/mol. The van der Waals surface area contributed by atoms with Gasteiger partial charge in [0.25, 0.3) is 0 Å². The number of nitrogens with one attached hydrogen (secondary N) is 2. The van der Waals surface area contributed by atoms with Crippen LogP contribution in [-0.4, -0.2) is 43.1 Å². The Kier molecular flexibility index (Phi) is 16.6. The van der Waals surface area contributed by atoms with E-state index >= 15 is 0 Å². The minimum atomic E-state index is 0.0545. The van der Waals surface area contributed by atoms with E-state index in [1.54, 1.807) is 0 Å². The molecule has 32 heavy (non-hydrogen) atoms. The topological polar surface area (TPSA) is 58.2 Å². The quantitative estimate of drug-likeness (QED) is 0.191. The SMILES string of the molecule is CCNCCCC(CCNC(=O)CCCc1ccc(C(CCCl)CCCl)cc1)C(=O)CC. The van der Waals surface area contributed by atoms with Gasteiger partial charge in [0, 0.05) is 37.1 Å². The Morgan fingerprint density at radius 1 is 0.906 bits per heavy atom. The van der Waals surface area contributed by atoms with Crippen LogP contribution in [0, 0.1) is 5.92 Å². The Labute approximate surface area is 205 Å². The van der Waals surface area contributed by atoms with Crippen molar-refractivity contribution < 1.29 is 9.59 Å². The highest BCUT2D eigenvalue weighted by atomic mass is 35.5. The van der Waals surface area contributed by atoms with Crippen molar-refractivity contribution in [3.63, 3.8) is 0 Å². The van der Waals surface area contributed by atoms with Gasteiger partial charge < -0.3 is 10.6 Å². The van der Waals surface area contributed by atoms with Crippen LogP contribution in [0.15, 0.2) is 24.3 Å². The number of carbonyl (C=O) groups excluding carboxylic acids is 2. The van der Waals surface area contributed by atoms with Crippen LogP contribution in [0.25, 0.3) is 0 Å². The minimum absolute atomic E-state index is 0.0545. The molecule has 0 fully saturated rings. The normalized spacial score (nSPS) is 12.2. The van der Waals surface area contributed by atoms with Crippen molar-refractivity contribution in [2.75, 3.05) is 31.4 Å². The summed E-state index contributed by atoms with van der Waals surface area (Å²) in [7, 11) is 0. The van der Waals surface area contributed by atoms with E-state index in [2.05, 4.69) is 41.8 Å². The van der Waals surface area contributed by atoms with Crippen LogP contribution in [0.1, 0.15) is 82.3 Å². The van der Waals surface area contributed by atoms with Gasteiger partial charge in [0.2, 0.25) is 5.91 Å². The molecule has 0 aliphatic rings. The second-order valence-electron chi connectivity index (χ2n) is 8.40. The minimum Gasteiger partial charge on any atom is -0.356 e. The Balaban J connectivity index is 2.32. The van der Waals surface area contributed by atoms with E-state index < -0.39 is 0 Å². The second-order valence-corrected chi connectivity index (χ2v) is 9.15. The summed E-state index contributed by atoms with van der Waals surface area (Å²) in [5.41, 5.74) is 2.53. The van der Waals surface area contributed by atoms with Gasteiger partial charge in [-0.05, 0) is 75.1 Å². The van der Waals surface area contributed by atoms with Crippen LogP contribution >= 0.6 is 23.2 Å². The summed E-state index contributed by atoms with van der Waals surface area (Å²) in [5.74, 6) is 2.12. The lowest BCUT2D eigenvalue weighted by Crippen LogP contribution is -2.28. The summed E-state index contributed by atoms with van der Waals surface area (Å²) >= 11 is 11.8. The van der Waals surface area contributed by atoms with Crippen LogP contribution in [0.4, 0.5) is 0 Å². The first-order valence-electron chi connectivity index (χ1n) is 12.3. The van der Waals surface area contributed by atoms with E-state index in [0.717, 1.165) is 58.0 Å². The number of hydrogen-bond acceptors (Lipinski definition) is 3. The Morgan fingerprint density at radius 3 is 2.19 bits per heavy atom. The molecule has 1 atom stereocenters. The van der Waals surface area contributed by atoms with Crippen molar-refractivity contribution in [2.24, 2.45) is 5.92 Å². The van der Waals surface area contributed by atoms with Crippen molar-refractivity contribution in [3.05, 3.63) is 35.4 Å².